The lowest BCUT2D eigenvalue weighted by Gasteiger charge is -2.08. The van der Waals surface area contributed by atoms with Crippen LogP contribution in [0.4, 0.5) is 5.82 Å². The van der Waals surface area contributed by atoms with Crippen molar-refractivity contribution in [2.24, 2.45) is 0 Å². The van der Waals surface area contributed by atoms with Gasteiger partial charge in [-0.3, -0.25) is 4.79 Å². The number of aromatic amines is 1. The topological polar surface area (TPSA) is 71.8 Å². The van der Waals surface area contributed by atoms with Crippen LogP contribution < -0.4 is 11.3 Å². The third-order valence-electron chi connectivity index (χ3n) is 2.44. The van der Waals surface area contributed by atoms with Gasteiger partial charge in [-0.15, -0.1) is 0 Å². The summed E-state index contributed by atoms with van der Waals surface area (Å²) in [6.07, 6.45) is 2.27. The van der Waals surface area contributed by atoms with E-state index in [0.717, 1.165) is 18.0 Å². The summed E-state index contributed by atoms with van der Waals surface area (Å²) in [6.45, 7) is 1.69. The number of hydrogen-bond donors (Lipinski definition) is 2. The molecule has 4 nitrogen and oxygen atoms in total. The van der Waals surface area contributed by atoms with Crippen molar-refractivity contribution in [3.63, 3.8) is 0 Å². The average molecular weight is 211 g/mol. The van der Waals surface area contributed by atoms with Gasteiger partial charge in [0.15, 0.2) is 0 Å². The third-order valence-corrected chi connectivity index (χ3v) is 3.83. The molecule has 0 saturated carbocycles. The second kappa shape index (κ2) is 3.65. The summed E-state index contributed by atoms with van der Waals surface area (Å²) in [5.74, 6) is 2.24. The van der Waals surface area contributed by atoms with E-state index in [2.05, 4.69) is 9.97 Å². The highest BCUT2D eigenvalue weighted by Gasteiger charge is 2.20. The highest BCUT2D eigenvalue weighted by atomic mass is 32.2. The van der Waals surface area contributed by atoms with Crippen LogP contribution in [0.2, 0.25) is 0 Å². The number of nitrogens with one attached hydrogen (secondary N) is 1. The number of rotatable bonds is 1. The fraction of sp³-hybridized carbons (Fsp3) is 0.556. The fourth-order valence-electron chi connectivity index (χ4n) is 1.51. The van der Waals surface area contributed by atoms with Gasteiger partial charge in [-0.2, -0.15) is 11.8 Å². The Morgan fingerprint density at radius 2 is 2.43 bits per heavy atom. The van der Waals surface area contributed by atoms with Crippen molar-refractivity contribution in [2.45, 2.75) is 25.0 Å². The van der Waals surface area contributed by atoms with Crippen LogP contribution in [0.25, 0.3) is 0 Å². The molecule has 2 heterocycles. The van der Waals surface area contributed by atoms with Crippen LogP contribution in [0.15, 0.2) is 4.79 Å². The first-order valence-electron chi connectivity index (χ1n) is 4.66. The van der Waals surface area contributed by atoms with Crippen LogP contribution in [0.1, 0.15) is 29.5 Å². The molecule has 5 heteroatoms. The lowest BCUT2D eigenvalue weighted by molar-refractivity contribution is 0.771. The van der Waals surface area contributed by atoms with Crippen LogP contribution >= 0.6 is 11.8 Å². The van der Waals surface area contributed by atoms with E-state index in [1.807, 2.05) is 11.8 Å². The van der Waals surface area contributed by atoms with E-state index in [-0.39, 0.29) is 5.56 Å². The number of anilines is 1. The monoisotopic (exact) mass is 211 g/mol. The Labute approximate surface area is 86.3 Å². The Bertz CT molecular complexity index is 396. The summed E-state index contributed by atoms with van der Waals surface area (Å²) in [5, 5.41) is 0.325. The molecule has 1 aliphatic rings. The maximum atomic E-state index is 11.4. The van der Waals surface area contributed by atoms with E-state index in [1.165, 1.54) is 6.42 Å². The van der Waals surface area contributed by atoms with Crippen molar-refractivity contribution in [1.82, 2.24) is 9.97 Å². The molecule has 1 saturated heterocycles. The van der Waals surface area contributed by atoms with E-state index in [4.69, 9.17) is 5.73 Å². The van der Waals surface area contributed by atoms with Crippen LogP contribution in [0.3, 0.4) is 0 Å². The van der Waals surface area contributed by atoms with Crippen molar-refractivity contribution < 1.29 is 0 Å². The summed E-state index contributed by atoms with van der Waals surface area (Å²) < 4.78 is 0. The number of hydrogen-bond acceptors (Lipinski definition) is 4. The predicted molar refractivity (Wildman–Crippen MR) is 58.4 cm³/mol. The average Bonchev–Trinajstić information content (AvgIpc) is 2.66. The van der Waals surface area contributed by atoms with Gasteiger partial charge in [-0.25, -0.2) is 4.98 Å². The summed E-state index contributed by atoms with van der Waals surface area (Å²) in [5.41, 5.74) is 6.05. The molecule has 14 heavy (non-hydrogen) atoms. The largest absolute Gasteiger partial charge is 0.383 e. The third kappa shape index (κ3) is 1.64. The van der Waals surface area contributed by atoms with Gasteiger partial charge in [0.1, 0.15) is 11.6 Å². The number of aromatic nitrogens is 2. The first kappa shape index (κ1) is 9.58. The Hall–Kier alpha value is -0.970. The molecule has 0 aliphatic carbocycles. The van der Waals surface area contributed by atoms with E-state index >= 15 is 0 Å². The van der Waals surface area contributed by atoms with Gasteiger partial charge in [0, 0.05) is 0 Å². The zero-order chi connectivity index (χ0) is 10.1. The van der Waals surface area contributed by atoms with Gasteiger partial charge in [0.05, 0.1) is 10.8 Å². The molecule has 1 unspecified atom stereocenters. The van der Waals surface area contributed by atoms with Crippen molar-refractivity contribution >= 4 is 17.6 Å². The molecule has 0 amide bonds. The molecule has 0 bridgehead atoms. The molecule has 76 valence electrons. The molecule has 0 aromatic carbocycles. The summed E-state index contributed by atoms with van der Waals surface area (Å²) in [6, 6.07) is 0. The molecule has 2 rings (SSSR count). The standard InChI is InChI=1S/C9H13N3OS/c1-5-7(10)11-8(12-9(5)13)6-3-2-4-14-6/h6H,2-4H2,1H3,(H3,10,11,12,13). The van der Waals surface area contributed by atoms with Gasteiger partial charge >= 0.3 is 0 Å². The predicted octanol–water partition coefficient (Wildman–Crippen LogP) is 1.23. The zero-order valence-corrected chi connectivity index (χ0v) is 8.86. The summed E-state index contributed by atoms with van der Waals surface area (Å²) >= 11 is 1.83. The number of thioether (sulfide) groups is 1. The van der Waals surface area contributed by atoms with E-state index in [1.54, 1.807) is 6.92 Å². The molecule has 0 radical (unpaired) electrons. The lowest BCUT2D eigenvalue weighted by Crippen LogP contribution is -2.17. The SMILES string of the molecule is Cc1c(N)nc(C2CCCS2)[nH]c1=O. The minimum atomic E-state index is -0.111. The Balaban J connectivity index is 2.39. The summed E-state index contributed by atoms with van der Waals surface area (Å²) in [7, 11) is 0. The Kier molecular flexibility index (Phi) is 2.50. The minimum Gasteiger partial charge on any atom is -0.383 e. The Morgan fingerprint density at radius 1 is 1.64 bits per heavy atom. The maximum Gasteiger partial charge on any atom is 0.255 e. The molecule has 1 aromatic rings. The first-order valence-corrected chi connectivity index (χ1v) is 5.71. The maximum absolute atomic E-state index is 11.4. The van der Waals surface area contributed by atoms with Crippen LogP contribution in [-0.2, 0) is 0 Å². The number of nitrogen functional groups attached to an aromatic ring is 1. The minimum absolute atomic E-state index is 0.111. The molecule has 3 N–H and O–H groups in total. The molecule has 1 aliphatic heterocycles. The molecule has 0 spiro atoms. The highest BCUT2D eigenvalue weighted by molar-refractivity contribution is 7.99. The van der Waals surface area contributed by atoms with Crippen LogP contribution in [0, 0.1) is 6.92 Å². The molecule has 1 atom stereocenters. The second-order valence-corrected chi connectivity index (χ2v) is 4.77. The van der Waals surface area contributed by atoms with Gasteiger partial charge in [0.2, 0.25) is 0 Å². The first-order chi connectivity index (χ1) is 6.68. The highest BCUT2D eigenvalue weighted by Crippen LogP contribution is 2.37. The van der Waals surface area contributed by atoms with Gasteiger partial charge in [-0.05, 0) is 25.5 Å². The zero-order valence-electron chi connectivity index (χ0n) is 8.04. The van der Waals surface area contributed by atoms with Crippen molar-refractivity contribution in [1.29, 1.82) is 0 Å². The number of nitrogens with two attached hydrogens (primary N) is 1. The second-order valence-electron chi connectivity index (χ2n) is 3.46. The van der Waals surface area contributed by atoms with Crippen LogP contribution in [0.5, 0.6) is 0 Å². The fourth-order valence-corrected chi connectivity index (χ4v) is 2.73. The molecule has 1 aromatic heterocycles. The Morgan fingerprint density at radius 3 is 3.00 bits per heavy atom. The van der Waals surface area contributed by atoms with Crippen molar-refractivity contribution in [3.05, 3.63) is 21.7 Å². The smallest absolute Gasteiger partial charge is 0.255 e. The molecular formula is C9H13N3OS. The van der Waals surface area contributed by atoms with E-state index in [0.29, 0.717) is 16.6 Å². The van der Waals surface area contributed by atoms with E-state index in [9.17, 15) is 4.79 Å². The van der Waals surface area contributed by atoms with Crippen molar-refractivity contribution in [3.8, 4) is 0 Å². The van der Waals surface area contributed by atoms with E-state index < -0.39 is 0 Å². The van der Waals surface area contributed by atoms with Crippen LogP contribution in [-0.4, -0.2) is 15.7 Å². The lowest BCUT2D eigenvalue weighted by atomic mass is 10.2. The molecular weight excluding hydrogens is 198 g/mol. The van der Waals surface area contributed by atoms with Gasteiger partial charge in [-0.1, -0.05) is 0 Å². The number of H-pyrrole nitrogens is 1. The summed E-state index contributed by atoms with van der Waals surface area (Å²) in [4.78, 5) is 18.4. The van der Waals surface area contributed by atoms with Gasteiger partial charge < -0.3 is 10.7 Å². The number of nitrogens with zero attached hydrogens (tertiary/aromatic N) is 1. The quantitative estimate of drug-likeness (QED) is 0.733. The van der Waals surface area contributed by atoms with Gasteiger partial charge in [0.25, 0.3) is 5.56 Å². The normalized spacial score (nSPS) is 21.4. The molecule has 1 fully saturated rings. The van der Waals surface area contributed by atoms with Crippen molar-refractivity contribution in [2.75, 3.05) is 11.5 Å².